The fourth-order valence-electron chi connectivity index (χ4n) is 2.39. The summed E-state index contributed by atoms with van der Waals surface area (Å²) in [5.74, 6) is -0.273. The number of benzene rings is 1. The smallest absolute Gasteiger partial charge is 0.333 e. The van der Waals surface area contributed by atoms with Crippen molar-refractivity contribution in [2.45, 2.75) is 58.4 Å². The van der Waals surface area contributed by atoms with Crippen LogP contribution in [0.4, 0.5) is 0 Å². The highest BCUT2D eigenvalue weighted by atomic mass is 28.4. The maximum Gasteiger partial charge on any atom is 0.333 e. The topological polar surface area (TPSA) is 35.5 Å². The first-order valence-electron chi connectivity index (χ1n) is 8.41. The lowest BCUT2D eigenvalue weighted by Crippen LogP contribution is -2.28. The molecule has 0 heterocycles. The van der Waals surface area contributed by atoms with Gasteiger partial charge in [0.1, 0.15) is 0 Å². The molecule has 0 aromatic heterocycles. The quantitative estimate of drug-likeness (QED) is 0.253. The summed E-state index contributed by atoms with van der Waals surface area (Å²) >= 11 is 0. The van der Waals surface area contributed by atoms with Gasteiger partial charge in [-0.2, -0.15) is 0 Å². The summed E-state index contributed by atoms with van der Waals surface area (Å²) in [7, 11) is -1.61. The van der Waals surface area contributed by atoms with Crippen LogP contribution in [0.3, 0.4) is 0 Å². The summed E-state index contributed by atoms with van der Waals surface area (Å²) in [4.78, 5) is 11.5. The van der Waals surface area contributed by atoms with Crippen molar-refractivity contribution in [3.8, 4) is 0 Å². The van der Waals surface area contributed by atoms with E-state index in [1.807, 2.05) is 13.0 Å². The van der Waals surface area contributed by atoms with Crippen LogP contribution in [0, 0.1) is 0 Å². The second kappa shape index (κ2) is 9.68. The Labute approximate surface area is 141 Å². The third kappa shape index (κ3) is 8.14. The number of carbonyl (C=O) groups excluding carboxylic acids is 1. The number of carbonyl (C=O) groups is 1. The summed E-state index contributed by atoms with van der Waals surface area (Å²) in [6.45, 7) is 12.7. The van der Waals surface area contributed by atoms with Gasteiger partial charge in [0.2, 0.25) is 0 Å². The Bertz CT molecular complexity index is 491. The van der Waals surface area contributed by atoms with Gasteiger partial charge in [0.05, 0.1) is 12.7 Å². The van der Waals surface area contributed by atoms with Crippen molar-refractivity contribution < 1.29 is 14.0 Å². The highest BCUT2D eigenvalue weighted by Gasteiger charge is 2.22. The molecule has 0 saturated heterocycles. The van der Waals surface area contributed by atoms with E-state index in [9.17, 15) is 4.79 Å². The summed E-state index contributed by atoms with van der Waals surface area (Å²) in [6, 6.07) is 10.4. The Hall–Kier alpha value is -1.39. The molecule has 3 nitrogen and oxygen atoms in total. The second-order valence-electron chi connectivity index (χ2n) is 6.70. The van der Waals surface area contributed by atoms with Crippen molar-refractivity contribution in [2.75, 3.05) is 6.61 Å². The number of unbranched alkanes of at least 4 members (excludes halogenated alkanes) is 1. The molecule has 1 aromatic carbocycles. The third-order valence-corrected chi connectivity index (χ3v) is 4.42. The van der Waals surface area contributed by atoms with Gasteiger partial charge in [-0.25, -0.2) is 4.79 Å². The zero-order valence-electron chi connectivity index (χ0n) is 14.9. The molecule has 0 spiro atoms. The average molecular weight is 335 g/mol. The predicted octanol–water partition coefficient (Wildman–Crippen LogP) is 5.26. The van der Waals surface area contributed by atoms with E-state index in [0.29, 0.717) is 18.6 Å². The van der Waals surface area contributed by atoms with E-state index in [4.69, 9.17) is 9.16 Å². The molecule has 0 fully saturated rings. The fraction of sp³-hybridized carbons (Fsp3) is 0.526. The molecule has 1 aromatic rings. The van der Waals surface area contributed by atoms with Crippen molar-refractivity contribution in [1.29, 1.82) is 0 Å². The van der Waals surface area contributed by atoms with Gasteiger partial charge in [-0.05, 0) is 51.4 Å². The van der Waals surface area contributed by atoms with Gasteiger partial charge in [-0.1, -0.05) is 43.3 Å². The minimum absolute atomic E-state index is 0.138. The molecule has 0 bridgehead atoms. The molecule has 0 aliphatic rings. The molecular formula is C19H30O3Si. The molecule has 1 atom stereocenters. The van der Waals surface area contributed by atoms with Crippen LogP contribution < -0.4 is 0 Å². The highest BCUT2D eigenvalue weighted by molar-refractivity contribution is 6.69. The van der Waals surface area contributed by atoms with Gasteiger partial charge in [-0.3, -0.25) is 0 Å². The van der Waals surface area contributed by atoms with Gasteiger partial charge in [-0.15, -0.1) is 0 Å². The largest absolute Gasteiger partial charge is 0.463 e. The first kappa shape index (κ1) is 19.7. The predicted molar refractivity (Wildman–Crippen MR) is 97.9 cm³/mol. The first-order valence-corrected chi connectivity index (χ1v) is 11.8. The van der Waals surface area contributed by atoms with Crippen LogP contribution in [0.2, 0.25) is 19.6 Å². The van der Waals surface area contributed by atoms with Crippen molar-refractivity contribution in [2.24, 2.45) is 0 Å². The number of rotatable bonds is 10. The summed E-state index contributed by atoms with van der Waals surface area (Å²) in [6.07, 6.45) is 3.72. The van der Waals surface area contributed by atoms with E-state index in [1.165, 1.54) is 5.56 Å². The van der Waals surface area contributed by atoms with Crippen LogP contribution in [0.1, 0.15) is 44.3 Å². The zero-order chi connectivity index (χ0) is 17.3. The van der Waals surface area contributed by atoms with Crippen molar-refractivity contribution in [3.05, 3.63) is 48.0 Å². The van der Waals surface area contributed by atoms with Crippen LogP contribution in [0.25, 0.3) is 0 Å². The van der Waals surface area contributed by atoms with Crippen LogP contribution in [-0.2, 0) is 14.0 Å². The summed E-state index contributed by atoms with van der Waals surface area (Å²) in [5, 5.41) is 0. The fourth-order valence-corrected chi connectivity index (χ4v) is 3.50. The molecule has 0 aliphatic carbocycles. The lowest BCUT2D eigenvalue weighted by molar-refractivity contribution is -0.138. The molecule has 0 saturated carbocycles. The molecule has 0 aliphatic heterocycles. The number of ether oxygens (including phenoxy) is 1. The van der Waals surface area contributed by atoms with Crippen molar-refractivity contribution in [3.63, 3.8) is 0 Å². The normalized spacial score (nSPS) is 12.7. The molecule has 0 N–H and O–H groups in total. The second-order valence-corrected chi connectivity index (χ2v) is 11.2. The maximum absolute atomic E-state index is 11.5. The van der Waals surface area contributed by atoms with Crippen LogP contribution in [0.15, 0.2) is 42.5 Å². The number of hydrogen-bond donors (Lipinski definition) is 0. The third-order valence-electron chi connectivity index (χ3n) is 3.43. The number of esters is 1. The molecule has 0 amide bonds. The molecular weight excluding hydrogens is 304 g/mol. The highest BCUT2D eigenvalue weighted by Crippen LogP contribution is 2.27. The van der Waals surface area contributed by atoms with E-state index in [0.717, 1.165) is 19.3 Å². The van der Waals surface area contributed by atoms with Crippen molar-refractivity contribution >= 4 is 14.3 Å². The molecule has 128 valence electrons. The van der Waals surface area contributed by atoms with E-state index in [1.54, 1.807) is 0 Å². The Morgan fingerprint density at radius 2 is 1.83 bits per heavy atom. The first-order chi connectivity index (χ1) is 10.8. The van der Waals surface area contributed by atoms with E-state index >= 15 is 0 Å². The lowest BCUT2D eigenvalue weighted by Gasteiger charge is -2.27. The zero-order valence-corrected chi connectivity index (χ0v) is 15.9. The molecule has 4 heteroatoms. The van der Waals surface area contributed by atoms with E-state index in [-0.39, 0.29) is 12.1 Å². The van der Waals surface area contributed by atoms with Gasteiger partial charge < -0.3 is 9.16 Å². The molecule has 1 rings (SSSR count). The number of hydrogen-bond acceptors (Lipinski definition) is 3. The van der Waals surface area contributed by atoms with Gasteiger partial charge in [0.15, 0.2) is 8.32 Å². The van der Waals surface area contributed by atoms with Gasteiger partial charge in [0.25, 0.3) is 0 Å². The maximum atomic E-state index is 11.5. The summed E-state index contributed by atoms with van der Waals surface area (Å²) in [5.41, 5.74) is 1.80. The van der Waals surface area contributed by atoms with Crippen LogP contribution >= 0.6 is 0 Å². The lowest BCUT2D eigenvalue weighted by atomic mass is 10.0. The molecule has 23 heavy (non-hydrogen) atoms. The van der Waals surface area contributed by atoms with Crippen LogP contribution in [0.5, 0.6) is 0 Å². The summed E-state index contributed by atoms with van der Waals surface area (Å²) < 4.78 is 11.3. The van der Waals surface area contributed by atoms with Gasteiger partial charge in [0, 0.05) is 5.57 Å². The Morgan fingerprint density at radius 1 is 1.17 bits per heavy atom. The van der Waals surface area contributed by atoms with Gasteiger partial charge >= 0.3 is 5.97 Å². The van der Waals surface area contributed by atoms with E-state index < -0.39 is 8.32 Å². The molecule has 1 unspecified atom stereocenters. The Kier molecular flexibility index (Phi) is 8.27. The SMILES string of the molecule is C=C(CCCCC(O[Si](C)(C)C)c1ccccc1)C(=O)OCC. The monoisotopic (exact) mass is 334 g/mol. The van der Waals surface area contributed by atoms with Crippen molar-refractivity contribution in [1.82, 2.24) is 0 Å². The molecule has 0 radical (unpaired) electrons. The Morgan fingerprint density at radius 3 is 2.39 bits per heavy atom. The standard InChI is InChI=1S/C19H30O3Si/c1-6-21-19(20)16(2)12-10-11-15-18(22-23(3,4)5)17-13-8-7-9-14-17/h7-9,13-14,18H,2,6,10-12,15H2,1,3-5H3. The van der Waals surface area contributed by atoms with E-state index in [2.05, 4.69) is 50.5 Å². The minimum Gasteiger partial charge on any atom is -0.463 e. The van der Waals surface area contributed by atoms with Crippen LogP contribution in [-0.4, -0.2) is 20.9 Å². The minimum atomic E-state index is -1.61. The average Bonchev–Trinajstić information content (AvgIpc) is 2.50. The Balaban J connectivity index is 2.49.